The van der Waals surface area contributed by atoms with Gasteiger partial charge in [-0.25, -0.2) is 14.9 Å². The van der Waals surface area contributed by atoms with Crippen molar-refractivity contribution in [3.05, 3.63) is 115 Å². The van der Waals surface area contributed by atoms with E-state index in [2.05, 4.69) is 16.7 Å². The van der Waals surface area contributed by atoms with E-state index in [1.54, 1.807) is 35.4 Å². The maximum atomic E-state index is 14.8. The first kappa shape index (κ1) is 21.9. The van der Waals surface area contributed by atoms with Crippen LogP contribution in [-0.4, -0.2) is 30.8 Å². The molecule has 33 heavy (non-hydrogen) atoms. The zero-order chi connectivity index (χ0) is 23.4. The molecule has 1 unspecified atom stereocenters. The van der Waals surface area contributed by atoms with Gasteiger partial charge in [0, 0.05) is 18.6 Å². The lowest BCUT2D eigenvalue weighted by Gasteiger charge is -2.29. The third-order valence-electron chi connectivity index (χ3n) is 5.29. The molecule has 4 aromatic rings. The number of hydrazine groups is 1. The van der Waals surface area contributed by atoms with E-state index in [1.165, 1.54) is 24.4 Å². The van der Waals surface area contributed by atoms with Gasteiger partial charge in [0.15, 0.2) is 0 Å². The topological polar surface area (TPSA) is 97.3 Å². The highest BCUT2D eigenvalue weighted by Gasteiger charge is 2.30. The van der Waals surface area contributed by atoms with Crippen LogP contribution in [0.5, 0.6) is 5.75 Å². The summed E-state index contributed by atoms with van der Waals surface area (Å²) in [6.45, 7) is 4.05. The van der Waals surface area contributed by atoms with E-state index in [-0.39, 0.29) is 23.3 Å². The Labute approximate surface area is 190 Å². The number of para-hydroxylation sites is 1. The molecule has 3 N–H and O–H groups in total. The molecule has 0 fully saturated rings. The monoisotopic (exact) mass is 443 g/mol. The summed E-state index contributed by atoms with van der Waals surface area (Å²) in [6, 6.07) is 15.8. The van der Waals surface area contributed by atoms with Crippen molar-refractivity contribution in [2.75, 3.05) is 0 Å². The molecule has 0 bridgehead atoms. The predicted octanol–water partition coefficient (Wildman–Crippen LogP) is 4.27. The first-order valence-corrected chi connectivity index (χ1v) is 10.2. The maximum absolute atomic E-state index is 14.8. The lowest BCUT2D eigenvalue weighted by molar-refractivity contribution is 0.0673. The molecule has 2 aromatic heterocycles. The molecule has 0 radical (unpaired) electrons. The predicted molar refractivity (Wildman–Crippen MR) is 123 cm³/mol. The minimum Gasteiger partial charge on any atom is -0.507 e. The van der Waals surface area contributed by atoms with Crippen LogP contribution in [0.3, 0.4) is 0 Å². The standard InChI is InChI=1S/C25H22FN5O2/c1-17(18-7-6-12-28-14-18)13-22(24-21(26)10-5-11-23(24)32)31(27)25(33)19-15-29-30(16-19)20-8-3-2-4-9-20/h2-12,14-16,22,32H,1,13,27H2. The van der Waals surface area contributed by atoms with Crippen LogP contribution in [0.2, 0.25) is 0 Å². The Bertz CT molecular complexity index is 1250. The molecular weight excluding hydrogens is 421 g/mol. The van der Waals surface area contributed by atoms with Crippen molar-refractivity contribution in [3.8, 4) is 11.4 Å². The minimum atomic E-state index is -1.02. The number of phenolic OH excluding ortho intramolecular Hbond substituents is 1. The molecule has 8 heteroatoms. The fourth-order valence-corrected chi connectivity index (χ4v) is 3.56. The van der Waals surface area contributed by atoms with Crippen molar-refractivity contribution in [3.63, 3.8) is 0 Å². The number of carbonyl (C=O) groups is 1. The second-order valence-corrected chi connectivity index (χ2v) is 7.46. The number of benzene rings is 2. The number of aromatic nitrogens is 3. The average Bonchev–Trinajstić information content (AvgIpc) is 3.34. The molecule has 0 saturated heterocycles. The Morgan fingerprint density at radius 1 is 1.09 bits per heavy atom. The highest BCUT2D eigenvalue weighted by molar-refractivity contribution is 5.94. The smallest absolute Gasteiger partial charge is 0.271 e. The second kappa shape index (κ2) is 9.46. The number of nitrogens with zero attached hydrogens (tertiary/aromatic N) is 4. The summed E-state index contributed by atoms with van der Waals surface area (Å²) in [6.07, 6.45) is 6.26. The van der Waals surface area contributed by atoms with E-state index in [1.807, 2.05) is 30.3 Å². The zero-order valence-corrected chi connectivity index (χ0v) is 17.7. The lowest BCUT2D eigenvalue weighted by Crippen LogP contribution is -2.41. The van der Waals surface area contributed by atoms with E-state index < -0.39 is 17.8 Å². The largest absolute Gasteiger partial charge is 0.507 e. The number of carbonyl (C=O) groups excluding carboxylic acids is 1. The van der Waals surface area contributed by atoms with Gasteiger partial charge in [-0.15, -0.1) is 0 Å². The molecule has 1 atom stereocenters. The zero-order valence-electron chi connectivity index (χ0n) is 17.7. The number of rotatable bonds is 7. The molecule has 0 saturated carbocycles. The van der Waals surface area contributed by atoms with Crippen LogP contribution < -0.4 is 5.84 Å². The molecule has 0 aliphatic carbocycles. The molecule has 2 aromatic carbocycles. The third-order valence-corrected chi connectivity index (χ3v) is 5.29. The van der Waals surface area contributed by atoms with Gasteiger partial charge >= 0.3 is 0 Å². The van der Waals surface area contributed by atoms with E-state index in [9.17, 15) is 14.3 Å². The highest BCUT2D eigenvalue weighted by Crippen LogP contribution is 2.36. The Balaban J connectivity index is 1.67. The number of amides is 1. The normalized spacial score (nSPS) is 11.7. The van der Waals surface area contributed by atoms with E-state index in [4.69, 9.17) is 5.84 Å². The quantitative estimate of drug-likeness (QED) is 0.253. The number of hydrogen-bond acceptors (Lipinski definition) is 5. The van der Waals surface area contributed by atoms with Crippen molar-refractivity contribution in [1.82, 2.24) is 19.8 Å². The van der Waals surface area contributed by atoms with Crippen LogP contribution in [0, 0.1) is 5.82 Å². The molecule has 0 aliphatic rings. The summed E-state index contributed by atoms with van der Waals surface area (Å²) in [5.74, 6) is 4.69. The number of phenols is 1. The van der Waals surface area contributed by atoms with Gasteiger partial charge in [-0.3, -0.25) is 14.8 Å². The van der Waals surface area contributed by atoms with Crippen LogP contribution in [0.4, 0.5) is 4.39 Å². The van der Waals surface area contributed by atoms with E-state index in [0.29, 0.717) is 5.57 Å². The molecule has 166 valence electrons. The van der Waals surface area contributed by atoms with Gasteiger partial charge in [0.1, 0.15) is 11.6 Å². The minimum absolute atomic E-state index is 0.0786. The first-order chi connectivity index (χ1) is 16.0. The van der Waals surface area contributed by atoms with Crippen molar-refractivity contribution < 1.29 is 14.3 Å². The summed E-state index contributed by atoms with van der Waals surface area (Å²) >= 11 is 0. The Hall–Kier alpha value is -4.30. The van der Waals surface area contributed by atoms with Gasteiger partial charge in [-0.05, 0) is 47.9 Å². The van der Waals surface area contributed by atoms with Gasteiger partial charge < -0.3 is 5.11 Å². The summed E-state index contributed by atoms with van der Waals surface area (Å²) in [7, 11) is 0. The Morgan fingerprint density at radius 2 is 1.88 bits per heavy atom. The second-order valence-electron chi connectivity index (χ2n) is 7.46. The molecule has 4 rings (SSSR count). The van der Waals surface area contributed by atoms with Gasteiger partial charge in [0.05, 0.1) is 29.1 Å². The summed E-state index contributed by atoms with van der Waals surface area (Å²) in [5.41, 5.74) is 2.20. The van der Waals surface area contributed by atoms with Crippen LogP contribution in [0.15, 0.2) is 92.0 Å². The molecule has 2 heterocycles. The van der Waals surface area contributed by atoms with Gasteiger partial charge in [0.25, 0.3) is 5.91 Å². The summed E-state index contributed by atoms with van der Waals surface area (Å²) in [4.78, 5) is 17.3. The summed E-state index contributed by atoms with van der Waals surface area (Å²) in [5, 5.41) is 15.5. The number of pyridine rings is 1. The number of aromatic hydroxyl groups is 1. The van der Waals surface area contributed by atoms with Crippen molar-refractivity contribution in [2.45, 2.75) is 12.5 Å². The SMILES string of the molecule is C=C(CC(c1c(O)cccc1F)N(N)C(=O)c1cnn(-c2ccccc2)c1)c1cccnc1. The lowest BCUT2D eigenvalue weighted by atomic mass is 9.94. The Morgan fingerprint density at radius 3 is 2.58 bits per heavy atom. The van der Waals surface area contributed by atoms with Gasteiger partial charge in [-0.2, -0.15) is 5.10 Å². The fourth-order valence-electron chi connectivity index (χ4n) is 3.56. The van der Waals surface area contributed by atoms with Gasteiger partial charge in [0.2, 0.25) is 0 Å². The van der Waals surface area contributed by atoms with Crippen LogP contribution >= 0.6 is 0 Å². The van der Waals surface area contributed by atoms with Crippen LogP contribution in [0.25, 0.3) is 11.3 Å². The Kier molecular flexibility index (Phi) is 6.28. The summed E-state index contributed by atoms with van der Waals surface area (Å²) < 4.78 is 16.3. The van der Waals surface area contributed by atoms with E-state index >= 15 is 0 Å². The van der Waals surface area contributed by atoms with Crippen molar-refractivity contribution >= 4 is 11.5 Å². The van der Waals surface area contributed by atoms with Crippen molar-refractivity contribution in [2.24, 2.45) is 5.84 Å². The third kappa shape index (κ3) is 4.65. The van der Waals surface area contributed by atoms with Crippen LogP contribution in [0.1, 0.15) is 33.9 Å². The molecule has 1 amide bonds. The molecular formula is C25H22FN5O2. The average molecular weight is 443 g/mol. The molecule has 7 nitrogen and oxygen atoms in total. The fraction of sp³-hybridized carbons (Fsp3) is 0.0800. The molecule has 0 aliphatic heterocycles. The van der Waals surface area contributed by atoms with Gasteiger partial charge in [-0.1, -0.05) is 36.9 Å². The number of halogens is 1. The van der Waals surface area contributed by atoms with Crippen molar-refractivity contribution in [1.29, 1.82) is 0 Å². The van der Waals surface area contributed by atoms with E-state index in [0.717, 1.165) is 16.3 Å². The maximum Gasteiger partial charge on any atom is 0.271 e. The molecule has 0 spiro atoms. The number of hydrogen-bond donors (Lipinski definition) is 2. The number of nitrogens with two attached hydrogens (primary N) is 1. The highest BCUT2D eigenvalue weighted by atomic mass is 19.1. The first-order valence-electron chi connectivity index (χ1n) is 10.2. The van der Waals surface area contributed by atoms with Crippen LogP contribution in [-0.2, 0) is 0 Å².